The predicted molar refractivity (Wildman–Crippen MR) is 66.0 cm³/mol. The summed E-state index contributed by atoms with van der Waals surface area (Å²) in [5, 5.41) is 3.98. The molecule has 5 nitrogen and oxygen atoms in total. The third kappa shape index (κ3) is 2.90. The average Bonchev–Trinajstić information content (AvgIpc) is 2.98. The van der Waals surface area contributed by atoms with E-state index in [4.69, 9.17) is 9.26 Å². The first kappa shape index (κ1) is 13.1. The fourth-order valence-corrected chi connectivity index (χ4v) is 2.01. The van der Waals surface area contributed by atoms with Crippen LogP contribution in [0.15, 0.2) is 10.6 Å². The standard InChI is InChI=1S/C13H20N2O3/c1-9(2)11-7-10(18-14-11)8-15(3)13(16)12-5-4-6-17-12/h7,9,12H,4-6,8H2,1-3H3/t12-/m1/s1. The second-order valence-corrected chi connectivity index (χ2v) is 5.07. The summed E-state index contributed by atoms with van der Waals surface area (Å²) in [6.45, 7) is 5.24. The highest BCUT2D eigenvalue weighted by Gasteiger charge is 2.27. The Labute approximate surface area is 107 Å². The molecular weight excluding hydrogens is 232 g/mol. The molecule has 1 amide bonds. The van der Waals surface area contributed by atoms with Crippen LogP contribution in [0.25, 0.3) is 0 Å². The highest BCUT2D eigenvalue weighted by molar-refractivity contribution is 5.80. The molecule has 1 aliphatic heterocycles. The lowest BCUT2D eigenvalue weighted by molar-refractivity contribution is -0.140. The Bertz CT molecular complexity index is 408. The maximum Gasteiger partial charge on any atom is 0.251 e. The van der Waals surface area contributed by atoms with Gasteiger partial charge in [-0.2, -0.15) is 0 Å². The third-order valence-corrected chi connectivity index (χ3v) is 3.14. The van der Waals surface area contributed by atoms with Crippen molar-refractivity contribution < 1.29 is 14.1 Å². The molecule has 1 fully saturated rings. The van der Waals surface area contributed by atoms with Gasteiger partial charge in [-0.05, 0) is 18.8 Å². The SMILES string of the molecule is CC(C)c1cc(CN(C)C(=O)[C@H]2CCCO2)on1. The maximum atomic E-state index is 12.0. The van der Waals surface area contributed by atoms with Crippen LogP contribution in [-0.2, 0) is 16.1 Å². The van der Waals surface area contributed by atoms with Crippen molar-refractivity contribution in [3.8, 4) is 0 Å². The number of carbonyl (C=O) groups excluding carboxylic acids is 1. The Hall–Kier alpha value is -1.36. The fraction of sp³-hybridized carbons (Fsp3) is 0.692. The summed E-state index contributed by atoms with van der Waals surface area (Å²) in [4.78, 5) is 13.7. The van der Waals surface area contributed by atoms with Crippen molar-refractivity contribution in [3.05, 3.63) is 17.5 Å². The molecule has 100 valence electrons. The van der Waals surface area contributed by atoms with Gasteiger partial charge >= 0.3 is 0 Å². The molecular formula is C13H20N2O3. The average molecular weight is 252 g/mol. The van der Waals surface area contributed by atoms with Gasteiger partial charge in [0.15, 0.2) is 5.76 Å². The molecule has 0 aliphatic carbocycles. The number of hydrogen-bond acceptors (Lipinski definition) is 4. The largest absolute Gasteiger partial charge is 0.368 e. The smallest absolute Gasteiger partial charge is 0.251 e. The zero-order valence-corrected chi connectivity index (χ0v) is 11.2. The van der Waals surface area contributed by atoms with E-state index in [1.165, 1.54) is 0 Å². The monoisotopic (exact) mass is 252 g/mol. The van der Waals surface area contributed by atoms with Crippen LogP contribution in [-0.4, -0.2) is 35.7 Å². The number of likely N-dealkylation sites (N-methyl/N-ethyl adjacent to an activating group) is 1. The first-order valence-corrected chi connectivity index (χ1v) is 6.40. The Morgan fingerprint density at radius 2 is 2.39 bits per heavy atom. The molecule has 1 atom stereocenters. The van der Waals surface area contributed by atoms with Gasteiger partial charge in [-0.3, -0.25) is 4.79 Å². The van der Waals surface area contributed by atoms with Gasteiger partial charge < -0.3 is 14.2 Å². The molecule has 0 aromatic carbocycles. The molecule has 18 heavy (non-hydrogen) atoms. The summed E-state index contributed by atoms with van der Waals surface area (Å²) < 4.78 is 10.6. The molecule has 1 aromatic rings. The Morgan fingerprint density at radius 3 is 2.94 bits per heavy atom. The summed E-state index contributed by atoms with van der Waals surface area (Å²) in [5.74, 6) is 1.07. The Kier molecular flexibility index (Phi) is 4.01. The zero-order chi connectivity index (χ0) is 13.1. The van der Waals surface area contributed by atoms with Gasteiger partial charge in [0.05, 0.1) is 12.2 Å². The zero-order valence-electron chi connectivity index (χ0n) is 11.2. The second-order valence-electron chi connectivity index (χ2n) is 5.07. The minimum absolute atomic E-state index is 0.0231. The van der Waals surface area contributed by atoms with E-state index >= 15 is 0 Å². The van der Waals surface area contributed by atoms with Gasteiger partial charge in [-0.25, -0.2) is 0 Å². The second kappa shape index (κ2) is 5.52. The molecule has 2 rings (SSSR count). The van der Waals surface area contributed by atoms with Crippen LogP contribution in [0.4, 0.5) is 0 Å². The normalized spacial score (nSPS) is 19.4. The predicted octanol–water partition coefficient (Wildman–Crippen LogP) is 1.94. The third-order valence-electron chi connectivity index (χ3n) is 3.14. The van der Waals surface area contributed by atoms with E-state index in [2.05, 4.69) is 19.0 Å². The number of nitrogens with zero attached hydrogens (tertiary/aromatic N) is 2. The number of hydrogen-bond donors (Lipinski definition) is 0. The molecule has 0 unspecified atom stereocenters. The number of ether oxygens (including phenoxy) is 1. The lowest BCUT2D eigenvalue weighted by Crippen LogP contribution is -2.35. The number of aromatic nitrogens is 1. The van der Waals surface area contributed by atoms with Gasteiger partial charge in [0.1, 0.15) is 6.10 Å². The Balaban J connectivity index is 1.93. The number of amides is 1. The van der Waals surface area contributed by atoms with Crippen LogP contribution in [0.3, 0.4) is 0 Å². The summed E-state index contributed by atoms with van der Waals surface area (Å²) >= 11 is 0. The van der Waals surface area contributed by atoms with Crippen LogP contribution >= 0.6 is 0 Å². The molecule has 2 heterocycles. The molecule has 0 N–H and O–H groups in total. The molecule has 0 bridgehead atoms. The number of carbonyl (C=O) groups is 1. The molecule has 1 aliphatic rings. The maximum absolute atomic E-state index is 12.0. The highest BCUT2D eigenvalue weighted by Crippen LogP contribution is 2.17. The summed E-state index contributed by atoms with van der Waals surface area (Å²) in [5.41, 5.74) is 0.919. The van der Waals surface area contributed by atoms with E-state index < -0.39 is 0 Å². The van der Waals surface area contributed by atoms with E-state index in [0.29, 0.717) is 24.8 Å². The first-order chi connectivity index (χ1) is 8.58. The molecule has 0 radical (unpaired) electrons. The van der Waals surface area contributed by atoms with Gasteiger partial charge in [-0.15, -0.1) is 0 Å². The topological polar surface area (TPSA) is 55.6 Å². The van der Waals surface area contributed by atoms with Crippen LogP contribution < -0.4 is 0 Å². The Morgan fingerprint density at radius 1 is 1.61 bits per heavy atom. The lowest BCUT2D eigenvalue weighted by atomic mass is 10.1. The summed E-state index contributed by atoms with van der Waals surface area (Å²) in [6, 6.07) is 1.91. The molecule has 1 aromatic heterocycles. The van der Waals surface area contributed by atoms with E-state index in [9.17, 15) is 4.79 Å². The number of rotatable bonds is 4. The van der Waals surface area contributed by atoms with Gasteiger partial charge in [0.2, 0.25) is 0 Å². The summed E-state index contributed by atoms with van der Waals surface area (Å²) in [6.07, 6.45) is 1.50. The molecule has 1 saturated heterocycles. The van der Waals surface area contributed by atoms with Crippen molar-refractivity contribution in [2.45, 2.75) is 45.3 Å². The van der Waals surface area contributed by atoms with Crippen molar-refractivity contribution in [3.63, 3.8) is 0 Å². The van der Waals surface area contributed by atoms with Crippen LogP contribution in [0, 0.1) is 0 Å². The van der Waals surface area contributed by atoms with Gasteiger partial charge in [0.25, 0.3) is 5.91 Å². The van der Waals surface area contributed by atoms with Crippen molar-refractivity contribution in [2.75, 3.05) is 13.7 Å². The lowest BCUT2D eigenvalue weighted by Gasteiger charge is -2.18. The van der Waals surface area contributed by atoms with Crippen molar-refractivity contribution >= 4 is 5.91 Å². The van der Waals surface area contributed by atoms with Gasteiger partial charge in [-0.1, -0.05) is 19.0 Å². The van der Waals surface area contributed by atoms with Crippen molar-refractivity contribution in [1.29, 1.82) is 0 Å². The minimum atomic E-state index is -0.275. The first-order valence-electron chi connectivity index (χ1n) is 6.40. The highest BCUT2D eigenvalue weighted by atomic mass is 16.5. The van der Waals surface area contributed by atoms with Gasteiger partial charge in [0, 0.05) is 19.7 Å². The quantitative estimate of drug-likeness (QED) is 0.821. The van der Waals surface area contributed by atoms with Crippen molar-refractivity contribution in [2.24, 2.45) is 0 Å². The molecule has 0 saturated carbocycles. The fourth-order valence-electron chi connectivity index (χ4n) is 2.01. The van der Waals surface area contributed by atoms with E-state index in [1.54, 1.807) is 11.9 Å². The van der Waals surface area contributed by atoms with Crippen LogP contribution in [0.2, 0.25) is 0 Å². The minimum Gasteiger partial charge on any atom is -0.368 e. The summed E-state index contributed by atoms with van der Waals surface area (Å²) in [7, 11) is 1.77. The van der Waals surface area contributed by atoms with Crippen LogP contribution in [0.5, 0.6) is 0 Å². The van der Waals surface area contributed by atoms with E-state index in [1.807, 2.05) is 6.07 Å². The van der Waals surface area contributed by atoms with Crippen molar-refractivity contribution in [1.82, 2.24) is 10.1 Å². The van der Waals surface area contributed by atoms with E-state index in [-0.39, 0.29) is 12.0 Å². The molecule has 0 spiro atoms. The van der Waals surface area contributed by atoms with Crippen LogP contribution in [0.1, 0.15) is 44.1 Å². The molecule has 5 heteroatoms. The van der Waals surface area contributed by atoms with E-state index in [0.717, 1.165) is 18.5 Å².